The highest BCUT2D eigenvalue weighted by molar-refractivity contribution is 7.92. The Hall–Kier alpha value is -10.7. The molecule has 14 rings (SSSR count). The van der Waals surface area contributed by atoms with E-state index in [1.807, 2.05) is 87.4 Å². The molecule has 1 aliphatic carbocycles. The number of nitrogens with zero attached hydrogens (tertiary/aromatic N) is 12. The fraction of sp³-hybridized carbons (Fsp3) is 0.583. The van der Waals surface area contributed by atoms with E-state index in [-0.39, 0.29) is 72.4 Å². The van der Waals surface area contributed by atoms with Crippen LogP contribution in [-0.2, 0) is 9.84 Å². The number of anilines is 4. The molecule has 33 nitrogen and oxygen atoms in total. The number of amides is 8. The van der Waals surface area contributed by atoms with Gasteiger partial charge in [0.05, 0.1) is 98.2 Å². The maximum absolute atomic E-state index is 14.1. The summed E-state index contributed by atoms with van der Waals surface area (Å²) in [5, 5.41) is 54.3. The Morgan fingerprint density at radius 2 is 0.613 bits per heavy atom. The van der Waals surface area contributed by atoms with Crippen LogP contribution in [0.5, 0.6) is 0 Å². The van der Waals surface area contributed by atoms with Gasteiger partial charge >= 0.3 is 0 Å². The molecule has 776 valence electrons. The van der Waals surface area contributed by atoms with Gasteiger partial charge in [-0.1, -0.05) is 0 Å². The van der Waals surface area contributed by atoms with Crippen molar-refractivity contribution in [2.75, 3.05) is 59.0 Å². The molecule has 0 radical (unpaired) electrons. The minimum atomic E-state index is -3.14. The second kappa shape index (κ2) is 43.3. The first-order valence-electron chi connectivity index (χ1n) is 46.9. The molecule has 8 aromatic rings. The van der Waals surface area contributed by atoms with Gasteiger partial charge in [-0.15, -0.1) is 45.3 Å². The lowest BCUT2D eigenvalue weighted by molar-refractivity contribution is 0.0115. The van der Waals surface area contributed by atoms with E-state index in [9.17, 15) is 97.2 Å². The maximum atomic E-state index is 14.1. The SMILES string of the molecule is Cc1cc(NC(C)C)ncc1-c1sc(C(=O)NC2CS(=O)(=O)C2)nc1C(=O)N1CC(F)(F)C[C@@H]1C.Cc1cc(NC(C)C)ncc1-c1sc(C(=O)N[C@@H](C)C(C)(C)O)nc1C(=O)N1CC(F)(F)C[C@@H]1C.Cc1cc(NC(C)C)ncc1-c1sc(C(=O)N[C@H](C)C(C)(C)O)nc1C(=O)N1CC(F)(F)C[C@@H]1C.Cc1cc(N[C@@H](C)C2CC2)ncc1-c1sc(C(=O)N[C@@H](C)C(C)(C)O)nc1C(=O)N1CC(F)(F)C[C@@H]1C. The molecule has 5 aliphatic heterocycles. The molecule has 5 saturated heterocycles. The highest BCUT2D eigenvalue weighted by Crippen LogP contribution is 2.45. The normalized spacial score (nSPS) is 19.8. The number of likely N-dealkylation sites (tertiary alicyclic amines) is 4. The molecular formula is C96H128F8N20O13S5. The van der Waals surface area contributed by atoms with Crippen LogP contribution in [-0.4, -0.2) is 281 Å². The fourth-order valence-electron chi connectivity index (χ4n) is 16.2. The molecule has 0 bridgehead atoms. The zero-order valence-electron chi connectivity index (χ0n) is 84.0. The summed E-state index contributed by atoms with van der Waals surface area (Å²) in [4.78, 5) is 146. The third kappa shape index (κ3) is 27.9. The van der Waals surface area contributed by atoms with Crippen LogP contribution in [0.3, 0.4) is 0 Å². The first-order chi connectivity index (χ1) is 65.6. The number of thiazole rings is 4. The number of hydrogen-bond donors (Lipinski definition) is 11. The number of sulfone groups is 1. The van der Waals surface area contributed by atoms with E-state index in [4.69, 9.17) is 0 Å². The number of carbonyl (C=O) groups is 8. The summed E-state index contributed by atoms with van der Waals surface area (Å²) in [7, 11) is -3.14. The first-order valence-corrected chi connectivity index (χ1v) is 52.0. The lowest BCUT2D eigenvalue weighted by Gasteiger charge is -2.26. The molecule has 46 heteroatoms. The lowest BCUT2D eigenvalue weighted by Crippen LogP contribution is -2.52. The zero-order valence-corrected chi connectivity index (χ0v) is 88.0. The van der Waals surface area contributed by atoms with Crippen molar-refractivity contribution in [2.24, 2.45) is 5.92 Å². The van der Waals surface area contributed by atoms with Crippen molar-refractivity contribution >= 4 is 126 Å². The van der Waals surface area contributed by atoms with Crippen LogP contribution in [0, 0.1) is 33.6 Å². The van der Waals surface area contributed by atoms with Crippen molar-refractivity contribution in [1.82, 2.24) is 80.7 Å². The van der Waals surface area contributed by atoms with E-state index in [1.54, 1.807) is 121 Å². The summed E-state index contributed by atoms with van der Waals surface area (Å²) in [5.74, 6) is -13.9. The third-order valence-electron chi connectivity index (χ3n) is 25.2. The van der Waals surface area contributed by atoms with Crippen molar-refractivity contribution < 1.29 is 97.2 Å². The zero-order chi connectivity index (χ0) is 106. The minimum Gasteiger partial charge on any atom is -0.388 e. The molecule has 11 N–H and O–H groups in total. The van der Waals surface area contributed by atoms with Crippen LogP contribution in [0.15, 0.2) is 49.1 Å². The van der Waals surface area contributed by atoms with Crippen molar-refractivity contribution in [2.45, 2.75) is 318 Å². The summed E-state index contributed by atoms with van der Waals surface area (Å²) in [6.07, 6.45) is 7.05. The van der Waals surface area contributed by atoms with Crippen molar-refractivity contribution in [3.05, 3.63) is 114 Å². The van der Waals surface area contributed by atoms with Crippen LogP contribution in [0.25, 0.3) is 41.8 Å². The number of aromatic nitrogens is 8. The van der Waals surface area contributed by atoms with Gasteiger partial charge in [0, 0.05) is 121 Å². The van der Waals surface area contributed by atoms with Gasteiger partial charge in [0.15, 0.2) is 29.9 Å². The van der Waals surface area contributed by atoms with Gasteiger partial charge in [-0.05, 0) is 231 Å². The van der Waals surface area contributed by atoms with Crippen molar-refractivity contribution in [3.8, 4) is 41.8 Å². The Balaban J connectivity index is 0.000000181. The molecule has 1 saturated carbocycles. The third-order valence-corrected chi connectivity index (χ3v) is 31.3. The van der Waals surface area contributed by atoms with E-state index in [0.717, 1.165) is 87.2 Å². The van der Waals surface area contributed by atoms with Gasteiger partial charge in [0.25, 0.3) is 70.9 Å². The van der Waals surface area contributed by atoms with E-state index in [1.165, 1.54) is 12.8 Å². The summed E-state index contributed by atoms with van der Waals surface area (Å²) in [6.45, 7) is 39.2. The molecule has 142 heavy (non-hydrogen) atoms. The Morgan fingerprint density at radius 1 is 0.387 bits per heavy atom. The largest absolute Gasteiger partial charge is 0.388 e. The van der Waals surface area contributed by atoms with Crippen LogP contribution >= 0.6 is 45.3 Å². The number of nitrogens with one attached hydrogen (secondary N) is 8. The molecule has 13 heterocycles. The van der Waals surface area contributed by atoms with Gasteiger partial charge in [0.2, 0.25) is 0 Å². The summed E-state index contributed by atoms with van der Waals surface area (Å²) in [5.41, 5.74) is 1.71. The van der Waals surface area contributed by atoms with E-state index in [0.29, 0.717) is 77.0 Å². The fourth-order valence-corrected chi connectivity index (χ4v) is 21.6. The Labute approximate surface area is 837 Å². The summed E-state index contributed by atoms with van der Waals surface area (Å²) < 4.78 is 135. The number of pyridine rings is 4. The van der Waals surface area contributed by atoms with Crippen molar-refractivity contribution in [3.63, 3.8) is 0 Å². The van der Waals surface area contributed by atoms with Gasteiger partial charge in [-0.2, -0.15) is 0 Å². The highest BCUT2D eigenvalue weighted by atomic mass is 32.2. The number of rotatable bonds is 28. The highest BCUT2D eigenvalue weighted by Gasteiger charge is 2.52. The topological polar surface area (TPSA) is 444 Å². The Kier molecular flexibility index (Phi) is 34.1. The van der Waals surface area contributed by atoms with E-state index in [2.05, 4.69) is 89.3 Å². The molecule has 6 fully saturated rings. The van der Waals surface area contributed by atoms with Crippen molar-refractivity contribution in [1.29, 1.82) is 0 Å². The standard InChI is InChI=1S/C26H35F2N5O3S.2C24H33F2N5O3S.C22H27F2N5O4S2/c1-13-9-19(30-15(3)17-7-8-17)29-11-18(13)21-20(24(35)33-12-26(27,28)10-14(33)2)32-23(37-21)22(34)31-16(4)25(5,6)36;2*1-12(2)28-17-8-13(3)16(10-27-17)19-18(22(33)31-11-24(25,26)9-14(31)4)30-21(35-19)20(32)29-15(5)23(6,7)34;1-11(2)26-16-5-12(3)15(7-25-16)18-17(21(31)29-10-22(23,24)6-13(29)4)28-20(34-18)19(30)27-14-8-35(32,33)9-14/h9,11,14-17,36H,7-8,10,12H2,1-6H3,(H,29,30)(H,31,34);2*8,10,12,14-15,34H,9,11H2,1-7H3,(H,27,28)(H,29,32);5,7,11,13-14H,6,8-10H2,1-4H3,(H,25,26)(H,27,30)/t14-,15-,16-;14-,15+;14-,15-;13-/m0000/s1. The smallest absolute Gasteiger partial charge is 0.280 e. The molecule has 0 spiro atoms. The van der Waals surface area contributed by atoms with Crippen LogP contribution in [0.1, 0.15) is 280 Å². The molecular weight excluding hydrogens is 1950 g/mol. The molecule has 0 aromatic carbocycles. The van der Waals surface area contributed by atoms with Crippen LogP contribution < -0.4 is 42.5 Å². The van der Waals surface area contributed by atoms with Gasteiger partial charge < -0.3 is 77.5 Å². The molecule has 6 aliphatic rings. The van der Waals surface area contributed by atoms with E-state index >= 15 is 0 Å². The number of carbonyl (C=O) groups excluding carboxylic acids is 8. The van der Waals surface area contributed by atoms with Crippen LogP contribution in [0.2, 0.25) is 0 Å². The minimum absolute atomic E-state index is 0.00171. The van der Waals surface area contributed by atoms with Gasteiger partial charge in [0.1, 0.15) is 46.0 Å². The number of halogens is 8. The lowest BCUT2D eigenvalue weighted by atomic mass is 10.0. The quantitative estimate of drug-likeness (QED) is 0.0203. The average molecular weight is 2080 g/mol. The predicted molar refractivity (Wildman–Crippen MR) is 532 cm³/mol. The molecule has 0 unspecified atom stereocenters. The predicted octanol–water partition coefficient (Wildman–Crippen LogP) is 15.4. The summed E-state index contributed by atoms with van der Waals surface area (Å²) >= 11 is 3.95. The Morgan fingerprint density at radius 3 is 0.803 bits per heavy atom. The average Bonchev–Trinajstić information content (AvgIpc) is 1.62. The van der Waals surface area contributed by atoms with E-state index < -0.39 is 198 Å². The summed E-state index contributed by atoms with van der Waals surface area (Å²) in [6, 6.07) is 3.10. The number of hydrogen-bond acceptors (Lipinski definition) is 29. The number of aryl methyl sites for hydroxylation is 4. The molecule has 8 atom stereocenters. The number of aliphatic hydroxyl groups is 3. The maximum Gasteiger partial charge on any atom is 0.280 e. The first kappa shape index (κ1) is 112. The molecule has 8 amide bonds. The monoisotopic (exact) mass is 2080 g/mol. The second-order valence-corrected chi connectivity index (χ2v) is 46.8. The second-order valence-electron chi connectivity index (χ2n) is 40.7. The van der Waals surface area contributed by atoms with Crippen LogP contribution in [0.4, 0.5) is 58.4 Å². The molecule has 8 aromatic heterocycles. The van der Waals surface area contributed by atoms with Gasteiger partial charge in [-0.25, -0.2) is 83.4 Å². The van der Waals surface area contributed by atoms with Gasteiger partial charge in [-0.3, -0.25) is 38.4 Å². The Bertz CT molecular complexity index is 5960. The number of alkyl halides is 8.